The van der Waals surface area contributed by atoms with Crippen LogP contribution in [-0.4, -0.2) is 35.4 Å². The number of nitrogens with one attached hydrogen (secondary N) is 1. The summed E-state index contributed by atoms with van der Waals surface area (Å²) in [5.74, 6) is 0.326. The lowest BCUT2D eigenvalue weighted by atomic mass is 10.1. The summed E-state index contributed by atoms with van der Waals surface area (Å²) in [6, 6.07) is 11.6. The number of ether oxygens (including phenoxy) is 1. The molecule has 0 aromatic heterocycles. The molecule has 0 spiro atoms. The molecule has 8 heteroatoms. The van der Waals surface area contributed by atoms with Crippen LogP contribution in [0.5, 0.6) is 5.75 Å². The maximum Gasteiger partial charge on any atom is 0.243 e. The van der Waals surface area contributed by atoms with Gasteiger partial charge in [0.05, 0.1) is 6.61 Å². The van der Waals surface area contributed by atoms with Gasteiger partial charge < -0.3 is 15.0 Å². The van der Waals surface area contributed by atoms with E-state index in [0.29, 0.717) is 45.8 Å². The normalized spacial score (nSPS) is 11.8. The zero-order chi connectivity index (χ0) is 23.7. The molecule has 0 aliphatic rings. The largest absolute Gasteiger partial charge is 0.494 e. The molecule has 0 fully saturated rings. The molecule has 0 bridgehead atoms. The van der Waals surface area contributed by atoms with E-state index in [9.17, 15) is 9.59 Å². The fourth-order valence-corrected chi connectivity index (χ4v) is 3.88. The summed E-state index contributed by atoms with van der Waals surface area (Å²) in [4.78, 5) is 27.6. The lowest BCUT2D eigenvalue weighted by Gasteiger charge is -2.31. The van der Waals surface area contributed by atoms with Crippen LogP contribution in [0.15, 0.2) is 42.5 Å². The molecule has 5 nitrogen and oxygen atoms in total. The second-order valence-electron chi connectivity index (χ2n) is 7.72. The van der Waals surface area contributed by atoms with Crippen LogP contribution in [0.2, 0.25) is 15.1 Å². The molecule has 0 aliphatic carbocycles. The first kappa shape index (κ1) is 26.3. The molecule has 2 aromatic carbocycles. The zero-order valence-corrected chi connectivity index (χ0v) is 20.8. The molecule has 2 aromatic rings. The van der Waals surface area contributed by atoms with Gasteiger partial charge in [0, 0.05) is 39.6 Å². The van der Waals surface area contributed by atoms with Gasteiger partial charge in [0.1, 0.15) is 11.8 Å². The van der Waals surface area contributed by atoms with E-state index in [4.69, 9.17) is 39.5 Å². The standard InChI is InChI=1S/C24H29Cl3N2O3/c1-4-22(24(31)28-16(2)3)29(15-19-20(26)7-5-8-21(19)27)23(30)9-6-14-32-18-12-10-17(25)11-13-18/h5,7-8,10-13,16,22H,4,6,9,14-15H2,1-3H3,(H,28,31)/t22-/m0/s1. The van der Waals surface area contributed by atoms with Crippen LogP contribution in [0.25, 0.3) is 0 Å². The molecule has 0 saturated carbocycles. The highest BCUT2D eigenvalue weighted by Gasteiger charge is 2.29. The Balaban J connectivity index is 2.12. The second-order valence-corrected chi connectivity index (χ2v) is 8.97. The third kappa shape index (κ3) is 7.88. The molecule has 2 rings (SSSR count). The molecule has 0 unspecified atom stereocenters. The number of halogens is 3. The van der Waals surface area contributed by atoms with E-state index in [1.54, 1.807) is 47.4 Å². The third-order valence-corrected chi connectivity index (χ3v) is 5.78. The van der Waals surface area contributed by atoms with E-state index < -0.39 is 6.04 Å². The van der Waals surface area contributed by atoms with Crippen molar-refractivity contribution in [1.29, 1.82) is 0 Å². The molecule has 0 aliphatic heterocycles. The van der Waals surface area contributed by atoms with Crippen molar-refractivity contribution in [2.45, 2.75) is 58.7 Å². The van der Waals surface area contributed by atoms with Crippen LogP contribution >= 0.6 is 34.8 Å². The van der Waals surface area contributed by atoms with Crippen molar-refractivity contribution in [3.8, 4) is 5.75 Å². The van der Waals surface area contributed by atoms with E-state index in [1.807, 2.05) is 20.8 Å². The maximum absolute atomic E-state index is 13.2. The van der Waals surface area contributed by atoms with Crippen LogP contribution in [0.1, 0.15) is 45.6 Å². The smallest absolute Gasteiger partial charge is 0.243 e. The average Bonchev–Trinajstić information content (AvgIpc) is 2.73. The molecular weight excluding hydrogens is 471 g/mol. The van der Waals surface area contributed by atoms with Gasteiger partial charge in [0.15, 0.2) is 0 Å². The van der Waals surface area contributed by atoms with Gasteiger partial charge in [-0.05, 0) is 63.1 Å². The lowest BCUT2D eigenvalue weighted by molar-refractivity contribution is -0.141. The van der Waals surface area contributed by atoms with Gasteiger partial charge in [-0.3, -0.25) is 9.59 Å². The van der Waals surface area contributed by atoms with Crippen LogP contribution < -0.4 is 10.1 Å². The molecule has 32 heavy (non-hydrogen) atoms. The van der Waals surface area contributed by atoms with Gasteiger partial charge in [0.2, 0.25) is 11.8 Å². The van der Waals surface area contributed by atoms with Gasteiger partial charge in [-0.25, -0.2) is 0 Å². The van der Waals surface area contributed by atoms with E-state index in [1.165, 1.54) is 0 Å². The first-order chi connectivity index (χ1) is 15.2. The predicted molar refractivity (Wildman–Crippen MR) is 131 cm³/mol. The summed E-state index contributed by atoms with van der Waals surface area (Å²) in [5, 5.41) is 4.45. The minimum atomic E-state index is -0.630. The summed E-state index contributed by atoms with van der Waals surface area (Å²) in [7, 11) is 0. The Hall–Kier alpha value is -1.95. The topological polar surface area (TPSA) is 58.6 Å². The Kier molecular flexibility index (Phi) is 10.6. The van der Waals surface area contributed by atoms with Crippen LogP contribution in [-0.2, 0) is 16.1 Å². The lowest BCUT2D eigenvalue weighted by Crippen LogP contribution is -2.50. The fraction of sp³-hybridized carbons (Fsp3) is 0.417. The Morgan fingerprint density at radius 3 is 2.22 bits per heavy atom. The van der Waals surface area contributed by atoms with E-state index in [-0.39, 0.29) is 30.8 Å². The molecule has 2 amide bonds. The van der Waals surface area contributed by atoms with Crippen LogP contribution in [0.4, 0.5) is 0 Å². The average molecular weight is 500 g/mol. The van der Waals surface area contributed by atoms with Crippen molar-refractivity contribution >= 4 is 46.6 Å². The SMILES string of the molecule is CC[C@@H](C(=O)NC(C)C)N(Cc1c(Cl)cccc1Cl)C(=O)CCCOc1ccc(Cl)cc1. The molecule has 1 atom stereocenters. The highest BCUT2D eigenvalue weighted by molar-refractivity contribution is 6.36. The quantitative estimate of drug-likeness (QED) is 0.378. The molecule has 1 N–H and O–H groups in total. The highest BCUT2D eigenvalue weighted by atomic mass is 35.5. The highest BCUT2D eigenvalue weighted by Crippen LogP contribution is 2.27. The minimum Gasteiger partial charge on any atom is -0.494 e. The first-order valence-electron chi connectivity index (χ1n) is 10.6. The van der Waals surface area contributed by atoms with E-state index in [0.717, 1.165) is 0 Å². The number of carbonyl (C=O) groups is 2. The summed E-state index contributed by atoms with van der Waals surface area (Å²) in [6.45, 7) is 6.16. The molecule has 0 radical (unpaired) electrons. The Morgan fingerprint density at radius 1 is 1.03 bits per heavy atom. The number of hydrogen-bond donors (Lipinski definition) is 1. The van der Waals surface area contributed by atoms with Gasteiger partial charge in [0.25, 0.3) is 0 Å². The van der Waals surface area contributed by atoms with Gasteiger partial charge >= 0.3 is 0 Å². The van der Waals surface area contributed by atoms with Crippen LogP contribution in [0, 0.1) is 0 Å². The fourth-order valence-electron chi connectivity index (χ4n) is 3.24. The van der Waals surface area contributed by atoms with E-state index >= 15 is 0 Å². The Labute approximate surface area is 205 Å². The minimum absolute atomic E-state index is 0.0369. The number of rotatable bonds is 11. The van der Waals surface area contributed by atoms with Gasteiger partial charge in [-0.2, -0.15) is 0 Å². The van der Waals surface area contributed by atoms with Crippen molar-refractivity contribution in [1.82, 2.24) is 10.2 Å². The number of amides is 2. The van der Waals surface area contributed by atoms with E-state index in [2.05, 4.69) is 5.32 Å². The van der Waals surface area contributed by atoms with Crippen molar-refractivity contribution in [2.75, 3.05) is 6.61 Å². The second kappa shape index (κ2) is 12.9. The van der Waals surface area contributed by atoms with Gasteiger partial charge in [-0.15, -0.1) is 0 Å². The third-order valence-electron chi connectivity index (χ3n) is 4.82. The van der Waals surface area contributed by atoms with Crippen molar-refractivity contribution < 1.29 is 14.3 Å². The number of benzene rings is 2. The first-order valence-corrected chi connectivity index (χ1v) is 11.8. The molecule has 0 saturated heterocycles. The summed E-state index contributed by atoms with van der Waals surface area (Å²) in [5.41, 5.74) is 0.623. The van der Waals surface area contributed by atoms with Crippen LogP contribution in [0.3, 0.4) is 0 Å². The Morgan fingerprint density at radius 2 is 1.66 bits per heavy atom. The molecule has 0 heterocycles. The van der Waals surface area contributed by atoms with Crippen molar-refractivity contribution in [3.63, 3.8) is 0 Å². The number of carbonyl (C=O) groups excluding carboxylic acids is 2. The molecule has 174 valence electrons. The van der Waals surface area contributed by atoms with Crippen molar-refractivity contribution in [2.24, 2.45) is 0 Å². The number of nitrogens with zero attached hydrogens (tertiary/aromatic N) is 1. The summed E-state index contributed by atoms with van der Waals surface area (Å²) < 4.78 is 5.68. The zero-order valence-electron chi connectivity index (χ0n) is 18.5. The summed E-state index contributed by atoms with van der Waals surface area (Å²) >= 11 is 18.6. The predicted octanol–water partition coefficient (Wildman–Crippen LogP) is 6.14. The maximum atomic E-state index is 13.2. The van der Waals surface area contributed by atoms with Crippen molar-refractivity contribution in [3.05, 3.63) is 63.1 Å². The summed E-state index contributed by atoms with van der Waals surface area (Å²) in [6.07, 6.45) is 1.19. The molecular formula is C24H29Cl3N2O3. The van der Waals surface area contributed by atoms with Gasteiger partial charge in [-0.1, -0.05) is 47.8 Å². The number of hydrogen-bond acceptors (Lipinski definition) is 3. The monoisotopic (exact) mass is 498 g/mol. The Bertz CT molecular complexity index is 884.